The van der Waals surface area contributed by atoms with Crippen molar-refractivity contribution in [2.24, 2.45) is 14.1 Å². The van der Waals surface area contributed by atoms with E-state index in [1.165, 1.54) is 9.13 Å². The molecule has 0 atom stereocenters. The standard InChI is InChI=1S/C16H19N5O2S/c1-11-5-6-12(17-9-11)24-8-4-7-21-15(22)13-14(18-10-19(13)2)20(3)16(21)23/h5-6,9-10H,4,7-8H2,1-3H3. The van der Waals surface area contributed by atoms with Crippen LogP contribution in [0.3, 0.4) is 0 Å². The molecule has 0 spiro atoms. The second kappa shape index (κ2) is 6.64. The van der Waals surface area contributed by atoms with Gasteiger partial charge in [0.2, 0.25) is 0 Å². The highest BCUT2D eigenvalue weighted by atomic mass is 32.2. The molecule has 0 aliphatic heterocycles. The Hall–Kier alpha value is -2.35. The third-order valence-electron chi connectivity index (χ3n) is 3.86. The average molecular weight is 345 g/mol. The summed E-state index contributed by atoms with van der Waals surface area (Å²) in [5, 5.41) is 0.947. The molecule has 126 valence electrons. The van der Waals surface area contributed by atoms with Crippen molar-refractivity contribution in [3.8, 4) is 0 Å². The Bertz CT molecular complexity index is 985. The van der Waals surface area contributed by atoms with Crippen LogP contribution < -0.4 is 11.2 Å². The van der Waals surface area contributed by atoms with E-state index in [0.29, 0.717) is 24.1 Å². The molecule has 7 nitrogen and oxygen atoms in total. The van der Waals surface area contributed by atoms with Gasteiger partial charge in [0, 0.05) is 32.6 Å². The number of aromatic nitrogens is 5. The molecular weight excluding hydrogens is 326 g/mol. The van der Waals surface area contributed by atoms with Crippen LogP contribution in [0.4, 0.5) is 0 Å². The molecule has 3 aromatic heterocycles. The zero-order valence-corrected chi connectivity index (χ0v) is 14.7. The highest BCUT2D eigenvalue weighted by molar-refractivity contribution is 7.99. The Kier molecular flexibility index (Phi) is 4.57. The lowest BCUT2D eigenvalue weighted by Gasteiger charge is -2.08. The first-order valence-electron chi connectivity index (χ1n) is 7.65. The summed E-state index contributed by atoms with van der Waals surface area (Å²) in [6, 6.07) is 4.00. The van der Waals surface area contributed by atoms with Crippen LogP contribution in [0.5, 0.6) is 0 Å². The monoisotopic (exact) mass is 345 g/mol. The zero-order chi connectivity index (χ0) is 17.3. The van der Waals surface area contributed by atoms with E-state index in [0.717, 1.165) is 16.3 Å². The van der Waals surface area contributed by atoms with E-state index in [4.69, 9.17) is 0 Å². The third kappa shape index (κ3) is 3.01. The summed E-state index contributed by atoms with van der Waals surface area (Å²) in [6.07, 6.45) is 4.09. The Balaban J connectivity index is 1.76. The van der Waals surface area contributed by atoms with Gasteiger partial charge in [-0.25, -0.2) is 14.8 Å². The number of pyridine rings is 1. The number of aryl methyl sites for hydroxylation is 3. The Labute approximate surface area is 143 Å². The van der Waals surface area contributed by atoms with Crippen LogP contribution >= 0.6 is 11.8 Å². The molecule has 8 heteroatoms. The SMILES string of the molecule is Cc1ccc(SCCCn2c(=O)c3c(ncn3C)n(C)c2=O)nc1. The number of thioether (sulfide) groups is 1. The van der Waals surface area contributed by atoms with Crippen molar-refractivity contribution in [2.75, 3.05) is 5.75 Å². The fraction of sp³-hybridized carbons (Fsp3) is 0.375. The number of hydrogen-bond donors (Lipinski definition) is 0. The Morgan fingerprint density at radius 3 is 2.67 bits per heavy atom. The van der Waals surface area contributed by atoms with Crippen LogP contribution in [-0.4, -0.2) is 29.4 Å². The van der Waals surface area contributed by atoms with Gasteiger partial charge in [-0.05, 0) is 25.0 Å². The van der Waals surface area contributed by atoms with E-state index < -0.39 is 0 Å². The van der Waals surface area contributed by atoms with Crippen LogP contribution in [0.15, 0.2) is 39.3 Å². The number of fused-ring (bicyclic) bond motifs is 1. The van der Waals surface area contributed by atoms with E-state index >= 15 is 0 Å². The van der Waals surface area contributed by atoms with Crippen LogP contribution in [0.2, 0.25) is 0 Å². The van der Waals surface area contributed by atoms with Crippen LogP contribution in [0.25, 0.3) is 11.2 Å². The second-order valence-corrected chi connectivity index (χ2v) is 6.82. The van der Waals surface area contributed by atoms with Crippen LogP contribution in [0, 0.1) is 6.92 Å². The molecule has 0 N–H and O–H groups in total. The van der Waals surface area contributed by atoms with E-state index in [2.05, 4.69) is 9.97 Å². The van der Waals surface area contributed by atoms with Crippen LogP contribution in [0.1, 0.15) is 12.0 Å². The van der Waals surface area contributed by atoms with Crippen molar-refractivity contribution in [3.05, 3.63) is 51.1 Å². The minimum absolute atomic E-state index is 0.286. The van der Waals surface area contributed by atoms with Gasteiger partial charge in [0.1, 0.15) is 0 Å². The van der Waals surface area contributed by atoms with Crippen LogP contribution in [-0.2, 0) is 20.6 Å². The summed E-state index contributed by atoms with van der Waals surface area (Å²) >= 11 is 1.62. The van der Waals surface area contributed by atoms with Crippen molar-refractivity contribution < 1.29 is 0 Å². The summed E-state index contributed by atoms with van der Waals surface area (Å²) in [6.45, 7) is 2.38. The third-order valence-corrected chi connectivity index (χ3v) is 4.89. The number of rotatable bonds is 5. The lowest BCUT2D eigenvalue weighted by atomic mass is 10.3. The van der Waals surface area contributed by atoms with Crippen molar-refractivity contribution in [2.45, 2.75) is 24.9 Å². The number of imidazole rings is 1. The van der Waals surface area contributed by atoms with Gasteiger partial charge in [-0.2, -0.15) is 0 Å². The molecule has 3 rings (SSSR count). The van der Waals surface area contributed by atoms with Gasteiger partial charge < -0.3 is 4.57 Å². The van der Waals surface area contributed by atoms with Crippen molar-refractivity contribution in [1.29, 1.82) is 0 Å². The fourth-order valence-corrected chi connectivity index (χ4v) is 3.31. The lowest BCUT2D eigenvalue weighted by Crippen LogP contribution is -2.39. The van der Waals surface area contributed by atoms with Gasteiger partial charge in [0.25, 0.3) is 5.56 Å². The van der Waals surface area contributed by atoms with Gasteiger partial charge >= 0.3 is 5.69 Å². The largest absolute Gasteiger partial charge is 0.332 e. The second-order valence-electron chi connectivity index (χ2n) is 5.70. The Morgan fingerprint density at radius 2 is 1.96 bits per heavy atom. The molecule has 0 aromatic carbocycles. The van der Waals surface area contributed by atoms with E-state index in [1.807, 2.05) is 25.3 Å². The average Bonchev–Trinajstić information content (AvgIpc) is 2.96. The van der Waals surface area contributed by atoms with Crippen molar-refractivity contribution in [1.82, 2.24) is 23.7 Å². The van der Waals surface area contributed by atoms with Gasteiger partial charge in [-0.15, -0.1) is 11.8 Å². The first-order chi connectivity index (χ1) is 11.5. The van der Waals surface area contributed by atoms with E-state index in [9.17, 15) is 9.59 Å². The summed E-state index contributed by atoms with van der Waals surface area (Å²) in [5.74, 6) is 0.787. The van der Waals surface area contributed by atoms with Gasteiger partial charge in [-0.3, -0.25) is 13.9 Å². The van der Waals surface area contributed by atoms with Gasteiger partial charge in [0.15, 0.2) is 11.2 Å². The Morgan fingerprint density at radius 1 is 1.17 bits per heavy atom. The summed E-state index contributed by atoms with van der Waals surface area (Å²) < 4.78 is 4.36. The maximum Gasteiger partial charge on any atom is 0.332 e. The minimum atomic E-state index is -0.329. The molecule has 0 fully saturated rings. The normalized spacial score (nSPS) is 11.3. The zero-order valence-electron chi connectivity index (χ0n) is 13.9. The quantitative estimate of drug-likeness (QED) is 0.515. The maximum atomic E-state index is 12.6. The maximum absolute atomic E-state index is 12.6. The minimum Gasteiger partial charge on any atom is -0.328 e. The molecule has 0 aliphatic carbocycles. The van der Waals surface area contributed by atoms with Gasteiger partial charge in [-0.1, -0.05) is 6.07 Å². The molecule has 0 aliphatic rings. The molecular formula is C16H19N5O2S. The van der Waals surface area contributed by atoms with Crippen molar-refractivity contribution in [3.63, 3.8) is 0 Å². The predicted octanol–water partition coefficient (Wildman–Crippen LogP) is 1.32. The lowest BCUT2D eigenvalue weighted by molar-refractivity contribution is 0.594. The summed E-state index contributed by atoms with van der Waals surface area (Å²) in [4.78, 5) is 33.4. The number of hydrogen-bond acceptors (Lipinski definition) is 5. The molecule has 0 saturated carbocycles. The number of nitrogens with zero attached hydrogens (tertiary/aromatic N) is 5. The van der Waals surface area contributed by atoms with E-state index in [1.54, 1.807) is 36.8 Å². The first kappa shape index (κ1) is 16.5. The van der Waals surface area contributed by atoms with Gasteiger partial charge in [0.05, 0.1) is 11.4 Å². The fourth-order valence-electron chi connectivity index (χ4n) is 2.53. The molecule has 24 heavy (non-hydrogen) atoms. The van der Waals surface area contributed by atoms with E-state index in [-0.39, 0.29) is 11.2 Å². The highest BCUT2D eigenvalue weighted by Crippen LogP contribution is 2.16. The molecule has 0 saturated heterocycles. The highest BCUT2D eigenvalue weighted by Gasteiger charge is 2.14. The van der Waals surface area contributed by atoms with Crippen molar-refractivity contribution >= 4 is 22.9 Å². The first-order valence-corrected chi connectivity index (χ1v) is 8.64. The summed E-state index contributed by atoms with van der Waals surface area (Å²) in [7, 11) is 3.39. The molecule has 0 amide bonds. The molecule has 0 unspecified atom stereocenters. The summed E-state index contributed by atoms with van der Waals surface area (Å²) in [5.41, 5.74) is 1.38. The molecule has 0 bridgehead atoms. The molecule has 3 aromatic rings. The molecule has 0 radical (unpaired) electrons. The smallest absolute Gasteiger partial charge is 0.328 e. The predicted molar refractivity (Wildman–Crippen MR) is 94.5 cm³/mol. The topological polar surface area (TPSA) is 74.7 Å². The molecule has 3 heterocycles.